The molecule has 0 aliphatic rings. The molecule has 104 valence electrons. The Kier molecular flexibility index (Phi) is 4.61. The van der Waals surface area contributed by atoms with Crippen molar-refractivity contribution in [1.82, 2.24) is 0 Å². The van der Waals surface area contributed by atoms with Gasteiger partial charge in [-0.05, 0) is 45.8 Å². The molecule has 0 aromatic heterocycles. The molecule has 0 saturated heterocycles. The van der Waals surface area contributed by atoms with Crippen molar-refractivity contribution >= 4 is 39.1 Å². The van der Waals surface area contributed by atoms with Crippen molar-refractivity contribution in [3.63, 3.8) is 0 Å². The summed E-state index contributed by atoms with van der Waals surface area (Å²) in [5, 5.41) is 10.7. The SMILES string of the molecule is Nc1ccc(SCc2cc(F)cc([N+](=O)[O-])c2)c(Br)c1. The highest BCUT2D eigenvalue weighted by atomic mass is 79.9. The Morgan fingerprint density at radius 2 is 2.05 bits per heavy atom. The van der Waals surface area contributed by atoms with Crippen LogP contribution >= 0.6 is 27.7 Å². The molecule has 0 aliphatic heterocycles. The van der Waals surface area contributed by atoms with Crippen LogP contribution in [0.25, 0.3) is 0 Å². The van der Waals surface area contributed by atoms with Crippen molar-refractivity contribution in [3.8, 4) is 0 Å². The summed E-state index contributed by atoms with van der Waals surface area (Å²) < 4.78 is 14.1. The van der Waals surface area contributed by atoms with Crippen molar-refractivity contribution < 1.29 is 9.31 Å². The lowest BCUT2D eigenvalue weighted by atomic mass is 10.2. The van der Waals surface area contributed by atoms with Gasteiger partial charge in [0.2, 0.25) is 0 Å². The van der Waals surface area contributed by atoms with Crippen molar-refractivity contribution in [3.05, 3.63) is 62.4 Å². The number of nitrogens with zero attached hydrogens (tertiary/aromatic N) is 1. The Hall–Kier alpha value is -1.60. The van der Waals surface area contributed by atoms with E-state index in [1.165, 1.54) is 23.9 Å². The number of hydrogen-bond donors (Lipinski definition) is 1. The normalized spacial score (nSPS) is 10.5. The lowest BCUT2D eigenvalue weighted by molar-refractivity contribution is -0.385. The Labute approximate surface area is 127 Å². The van der Waals surface area contributed by atoms with Gasteiger partial charge in [-0.2, -0.15) is 0 Å². The van der Waals surface area contributed by atoms with E-state index in [9.17, 15) is 14.5 Å². The number of nitrogens with two attached hydrogens (primary N) is 1. The number of nitro benzene ring substituents is 1. The molecule has 0 bridgehead atoms. The predicted molar refractivity (Wildman–Crippen MR) is 81.2 cm³/mol. The van der Waals surface area contributed by atoms with Crippen molar-refractivity contribution in [1.29, 1.82) is 0 Å². The maximum Gasteiger partial charge on any atom is 0.272 e. The van der Waals surface area contributed by atoms with Gasteiger partial charge in [0, 0.05) is 26.9 Å². The third-order valence-electron chi connectivity index (χ3n) is 2.50. The summed E-state index contributed by atoms with van der Waals surface area (Å²) in [7, 11) is 0. The Morgan fingerprint density at radius 1 is 1.30 bits per heavy atom. The molecule has 2 rings (SSSR count). The first kappa shape index (κ1) is 14.8. The first-order valence-electron chi connectivity index (χ1n) is 5.57. The van der Waals surface area contributed by atoms with E-state index in [-0.39, 0.29) is 5.69 Å². The van der Waals surface area contributed by atoms with E-state index >= 15 is 0 Å². The van der Waals surface area contributed by atoms with Crippen LogP contribution in [0.1, 0.15) is 5.56 Å². The van der Waals surface area contributed by atoms with Crippen LogP contribution in [0, 0.1) is 15.9 Å². The lowest BCUT2D eigenvalue weighted by Crippen LogP contribution is -1.92. The molecule has 0 spiro atoms. The highest BCUT2D eigenvalue weighted by Crippen LogP contribution is 2.32. The van der Waals surface area contributed by atoms with Gasteiger partial charge in [-0.3, -0.25) is 10.1 Å². The molecule has 0 unspecified atom stereocenters. The molecule has 4 nitrogen and oxygen atoms in total. The summed E-state index contributed by atoms with van der Waals surface area (Å²) in [4.78, 5) is 11.0. The maximum absolute atomic E-state index is 13.3. The molecule has 2 N–H and O–H groups in total. The lowest BCUT2D eigenvalue weighted by Gasteiger charge is -2.06. The summed E-state index contributed by atoms with van der Waals surface area (Å²) in [6.07, 6.45) is 0. The molecule has 0 amide bonds. The predicted octanol–water partition coefficient (Wildman–Crippen LogP) is 4.37. The van der Waals surface area contributed by atoms with Gasteiger partial charge in [-0.25, -0.2) is 4.39 Å². The fourth-order valence-corrected chi connectivity index (χ4v) is 3.21. The summed E-state index contributed by atoms with van der Waals surface area (Å²) >= 11 is 4.84. The number of thioether (sulfide) groups is 1. The number of benzene rings is 2. The Morgan fingerprint density at radius 3 is 2.70 bits per heavy atom. The molecule has 0 heterocycles. The van der Waals surface area contributed by atoms with Gasteiger partial charge in [-0.1, -0.05) is 0 Å². The largest absolute Gasteiger partial charge is 0.399 e. The van der Waals surface area contributed by atoms with Gasteiger partial charge in [0.15, 0.2) is 0 Å². The smallest absolute Gasteiger partial charge is 0.272 e. The van der Waals surface area contributed by atoms with Crippen LogP contribution in [0.15, 0.2) is 45.8 Å². The van der Waals surface area contributed by atoms with E-state index in [0.29, 0.717) is 17.0 Å². The number of nitrogen functional groups attached to an aromatic ring is 1. The minimum atomic E-state index is -0.605. The number of non-ortho nitro benzene ring substituents is 1. The van der Waals surface area contributed by atoms with Gasteiger partial charge in [-0.15, -0.1) is 11.8 Å². The first-order valence-corrected chi connectivity index (χ1v) is 7.35. The fraction of sp³-hybridized carbons (Fsp3) is 0.0769. The molecule has 0 radical (unpaired) electrons. The molecule has 20 heavy (non-hydrogen) atoms. The summed E-state index contributed by atoms with van der Waals surface area (Å²) in [6.45, 7) is 0. The topological polar surface area (TPSA) is 69.2 Å². The Bertz CT molecular complexity index is 667. The van der Waals surface area contributed by atoms with Crippen LogP contribution in [-0.4, -0.2) is 4.92 Å². The van der Waals surface area contributed by atoms with E-state index in [0.717, 1.165) is 15.4 Å². The van der Waals surface area contributed by atoms with E-state index in [2.05, 4.69) is 15.9 Å². The van der Waals surface area contributed by atoms with Gasteiger partial charge < -0.3 is 5.73 Å². The first-order chi connectivity index (χ1) is 9.45. The van der Waals surface area contributed by atoms with Crippen LogP contribution in [-0.2, 0) is 5.75 Å². The molecule has 0 fully saturated rings. The van der Waals surface area contributed by atoms with Crippen molar-refractivity contribution in [2.75, 3.05) is 5.73 Å². The van der Waals surface area contributed by atoms with Crippen molar-refractivity contribution in [2.45, 2.75) is 10.6 Å². The summed E-state index contributed by atoms with van der Waals surface area (Å²) in [5.74, 6) is -0.174. The van der Waals surface area contributed by atoms with Crippen LogP contribution in [0.3, 0.4) is 0 Å². The van der Waals surface area contributed by atoms with Gasteiger partial charge in [0.05, 0.1) is 11.0 Å². The number of halogens is 2. The number of anilines is 1. The number of rotatable bonds is 4. The van der Waals surface area contributed by atoms with Crippen LogP contribution in [0.2, 0.25) is 0 Å². The second kappa shape index (κ2) is 6.23. The molecule has 0 atom stereocenters. The van der Waals surface area contributed by atoms with Crippen molar-refractivity contribution in [2.24, 2.45) is 0 Å². The average molecular weight is 357 g/mol. The summed E-state index contributed by atoms with van der Waals surface area (Å²) in [5.41, 5.74) is 6.61. The van der Waals surface area contributed by atoms with Gasteiger partial charge in [0.25, 0.3) is 5.69 Å². The quantitative estimate of drug-likeness (QED) is 0.382. The fourth-order valence-electron chi connectivity index (χ4n) is 1.62. The van der Waals surface area contributed by atoms with E-state index < -0.39 is 10.7 Å². The second-order valence-electron chi connectivity index (χ2n) is 4.05. The number of hydrogen-bond acceptors (Lipinski definition) is 4. The monoisotopic (exact) mass is 356 g/mol. The highest BCUT2D eigenvalue weighted by molar-refractivity contribution is 9.10. The standard InChI is InChI=1S/C13H10BrFN2O2S/c14-12-6-10(16)1-2-13(12)20-7-8-3-9(15)5-11(4-8)17(18)19/h1-6H,7,16H2. The van der Waals surface area contributed by atoms with Gasteiger partial charge in [0.1, 0.15) is 5.82 Å². The van der Waals surface area contributed by atoms with E-state index in [4.69, 9.17) is 5.73 Å². The minimum absolute atomic E-state index is 0.239. The highest BCUT2D eigenvalue weighted by Gasteiger charge is 2.10. The molecule has 2 aromatic carbocycles. The Balaban J connectivity index is 2.16. The second-order valence-corrected chi connectivity index (χ2v) is 5.92. The van der Waals surface area contributed by atoms with E-state index in [1.807, 2.05) is 6.07 Å². The zero-order valence-electron chi connectivity index (χ0n) is 10.2. The molecule has 7 heteroatoms. The third kappa shape index (κ3) is 3.71. The van der Waals surface area contributed by atoms with Crippen LogP contribution in [0.4, 0.5) is 15.8 Å². The molecule has 0 saturated carbocycles. The van der Waals surface area contributed by atoms with Crippen LogP contribution < -0.4 is 5.73 Å². The maximum atomic E-state index is 13.3. The summed E-state index contributed by atoms with van der Waals surface area (Å²) in [6, 6.07) is 8.97. The molecule has 2 aromatic rings. The zero-order valence-corrected chi connectivity index (χ0v) is 12.6. The van der Waals surface area contributed by atoms with Crippen LogP contribution in [0.5, 0.6) is 0 Å². The molecule has 0 aliphatic carbocycles. The van der Waals surface area contributed by atoms with Gasteiger partial charge >= 0.3 is 0 Å². The average Bonchev–Trinajstić information content (AvgIpc) is 2.37. The number of nitro groups is 1. The molecular weight excluding hydrogens is 347 g/mol. The van der Waals surface area contributed by atoms with E-state index in [1.54, 1.807) is 12.1 Å². The molecular formula is C13H10BrFN2O2S. The third-order valence-corrected chi connectivity index (χ3v) is 4.57. The zero-order chi connectivity index (χ0) is 14.7. The minimum Gasteiger partial charge on any atom is -0.399 e.